The highest BCUT2D eigenvalue weighted by Crippen LogP contribution is 2.18. The number of carbonyl (C=O) groups excluding carboxylic acids is 1. The molecule has 2 aromatic carbocycles. The second kappa shape index (κ2) is 13.4. The van der Waals surface area contributed by atoms with Crippen LogP contribution in [0, 0.1) is 0 Å². The molecule has 0 bridgehead atoms. The minimum absolute atomic E-state index is 0.0932. The molecule has 0 atom stereocenters. The largest absolute Gasteiger partial charge is 0.494 e. The van der Waals surface area contributed by atoms with Crippen LogP contribution in [0.5, 0.6) is 11.5 Å². The summed E-state index contributed by atoms with van der Waals surface area (Å²) in [7, 11) is 0. The molecule has 0 saturated heterocycles. The van der Waals surface area contributed by atoms with Gasteiger partial charge in [-0.05, 0) is 36.2 Å². The molecule has 0 heterocycles. The van der Waals surface area contributed by atoms with Gasteiger partial charge in [0.15, 0.2) is 6.61 Å². The van der Waals surface area contributed by atoms with Crippen LogP contribution in [0.2, 0.25) is 0 Å². The third-order valence-electron chi connectivity index (χ3n) is 4.16. The van der Waals surface area contributed by atoms with Crippen molar-refractivity contribution >= 4 is 12.1 Å². The molecule has 1 amide bonds. The van der Waals surface area contributed by atoms with E-state index in [-0.39, 0.29) is 12.5 Å². The first kappa shape index (κ1) is 21.5. The zero-order valence-electron chi connectivity index (χ0n) is 16.6. The van der Waals surface area contributed by atoms with E-state index in [4.69, 9.17) is 9.47 Å². The predicted octanol–water partition coefficient (Wildman–Crippen LogP) is 4.96. The van der Waals surface area contributed by atoms with E-state index < -0.39 is 0 Å². The molecule has 28 heavy (non-hydrogen) atoms. The molecule has 2 aromatic rings. The lowest BCUT2D eigenvalue weighted by Crippen LogP contribution is -2.24. The van der Waals surface area contributed by atoms with Gasteiger partial charge in [-0.2, -0.15) is 5.10 Å². The number of rotatable bonds is 13. The lowest BCUT2D eigenvalue weighted by molar-refractivity contribution is -0.123. The van der Waals surface area contributed by atoms with Crippen molar-refractivity contribution in [3.63, 3.8) is 0 Å². The maximum atomic E-state index is 11.8. The van der Waals surface area contributed by atoms with E-state index >= 15 is 0 Å². The number of amides is 1. The Balaban J connectivity index is 1.60. The molecule has 0 fully saturated rings. The number of hydrogen-bond acceptors (Lipinski definition) is 4. The Hall–Kier alpha value is -2.82. The topological polar surface area (TPSA) is 59.9 Å². The van der Waals surface area contributed by atoms with Crippen LogP contribution < -0.4 is 14.9 Å². The Kier molecular flexibility index (Phi) is 10.3. The van der Waals surface area contributed by atoms with Crippen LogP contribution in [0.4, 0.5) is 0 Å². The van der Waals surface area contributed by atoms with Crippen molar-refractivity contribution in [2.75, 3.05) is 13.2 Å². The Morgan fingerprint density at radius 1 is 0.893 bits per heavy atom. The first-order valence-corrected chi connectivity index (χ1v) is 10.0. The summed E-state index contributed by atoms with van der Waals surface area (Å²) in [5.74, 6) is 1.13. The SMILES string of the molecule is CCCCCCCCOc1ccc(OCC(=O)N/N=C\c2ccccc2)cc1. The molecule has 0 aliphatic heterocycles. The van der Waals surface area contributed by atoms with Gasteiger partial charge in [-0.1, -0.05) is 69.4 Å². The number of hydrogen-bond donors (Lipinski definition) is 1. The lowest BCUT2D eigenvalue weighted by Gasteiger charge is -2.08. The van der Waals surface area contributed by atoms with Crippen LogP contribution in [-0.4, -0.2) is 25.3 Å². The number of nitrogens with one attached hydrogen (secondary N) is 1. The Morgan fingerprint density at radius 2 is 1.54 bits per heavy atom. The summed E-state index contributed by atoms with van der Waals surface area (Å²) in [5, 5.41) is 3.91. The average Bonchev–Trinajstić information content (AvgIpc) is 2.73. The molecule has 0 aliphatic rings. The number of hydrazone groups is 1. The van der Waals surface area contributed by atoms with Crippen molar-refractivity contribution in [2.45, 2.75) is 45.4 Å². The molecule has 0 spiro atoms. The van der Waals surface area contributed by atoms with E-state index in [1.165, 1.54) is 32.1 Å². The maximum absolute atomic E-state index is 11.8. The van der Waals surface area contributed by atoms with Gasteiger partial charge in [0.05, 0.1) is 12.8 Å². The predicted molar refractivity (Wildman–Crippen MR) is 113 cm³/mol. The highest BCUT2D eigenvalue weighted by Gasteiger charge is 2.02. The second-order valence-corrected chi connectivity index (χ2v) is 6.58. The summed E-state index contributed by atoms with van der Waals surface area (Å²) in [6.07, 6.45) is 9.06. The van der Waals surface area contributed by atoms with Crippen molar-refractivity contribution in [3.05, 3.63) is 60.2 Å². The van der Waals surface area contributed by atoms with Crippen LogP contribution in [-0.2, 0) is 4.79 Å². The van der Waals surface area contributed by atoms with Crippen LogP contribution in [0.3, 0.4) is 0 Å². The molecule has 0 saturated carbocycles. The van der Waals surface area contributed by atoms with E-state index in [9.17, 15) is 4.79 Å². The first-order valence-electron chi connectivity index (χ1n) is 10.0. The molecular weight excluding hydrogens is 352 g/mol. The number of benzene rings is 2. The molecule has 2 rings (SSSR count). The molecule has 0 aromatic heterocycles. The van der Waals surface area contributed by atoms with E-state index in [1.54, 1.807) is 18.3 Å². The van der Waals surface area contributed by atoms with Gasteiger partial charge in [-0.25, -0.2) is 5.43 Å². The summed E-state index contributed by atoms with van der Waals surface area (Å²) >= 11 is 0. The van der Waals surface area contributed by atoms with Crippen molar-refractivity contribution in [2.24, 2.45) is 5.10 Å². The highest BCUT2D eigenvalue weighted by atomic mass is 16.5. The Labute approximate surface area is 167 Å². The highest BCUT2D eigenvalue weighted by molar-refractivity contribution is 5.82. The fraction of sp³-hybridized carbons (Fsp3) is 0.391. The normalized spacial score (nSPS) is 10.8. The molecule has 1 N–H and O–H groups in total. The van der Waals surface area contributed by atoms with E-state index in [1.807, 2.05) is 42.5 Å². The average molecular weight is 383 g/mol. The smallest absolute Gasteiger partial charge is 0.277 e. The van der Waals surface area contributed by atoms with Crippen molar-refractivity contribution in [1.82, 2.24) is 5.43 Å². The number of ether oxygens (including phenoxy) is 2. The zero-order chi connectivity index (χ0) is 19.9. The van der Waals surface area contributed by atoms with Gasteiger partial charge < -0.3 is 9.47 Å². The molecule has 5 heteroatoms. The monoisotopic (exact) mass is 382 g/mol. The van der Waals surface area contributed by atoms with E-state index in [0.717, 1.165) is 24.3 Å². The number of unbranched alkanes of at least 4 members (excludes halogenated alkanes) is 5. The van der Waals surface area contributed by atoms with Gasteiger partial charge in [0.25, 0.3) is 5.91 Å². The van der Waals surface area contributed by atoms with Crippen molar-refractivity contribution in [3.8, 4) is 11.5 Å². The molecule has 0 unspecified atom stereocenters. The molecular formula is C23H30N2O3. The molecule has 150 valence electrons. The molecule has 0 aliphatic carbocycles. The van der Waals surface area contributed by atoms with Crippen LogP contribution in [0.15, 0.2) is 59.7 Å². The van der Waals surface area contributed by atoms with Crippen molar-refractivity contribution in [1.29, 1.82) is 0 Å². The molecule has 5 nitrogen and oxygen atoms in total. The van der Waals surface area contributed by atoms with Gasteiger partial charge >= 0.3 is 0 Å². The van der Waals surface area contributed by atoms with Crippen LogP contribution in [0.25, 0.3) is 0 Å². The van der Waals surface area contributed by atoms with Crippen LogP contribution >= 0.6 is 0 Å². The Bertz CT molecular complexity index is 700. The van der Waals surface area contributed by atoms with Gasteiger partial charge in [0, 0.05) is 0 Å². The zero-order valence-corrected chi connectivity index (χ0v) is 16.6. The summed E-state index contributed by atoms with van der Waals surface area (Å²) in [5.41, 5.74) is 3.36. The van der Waals surface area contributed by atoms with Crippen molar-refractivity contribution < 1.29 is 14.3 Å². The second-order valence-electron chi connectivity index (χ2n) is 6.58. The summed E-state index contributed by atoms with van der Waals surface area (Å²) in [6.45, 7) is 2.86. The third kappa shape index (κ3) is 9.21. The van der Waals surface area contributed by atoms with Gasteiger partial charge in [-0.15, -0.1) is 0 Å². The van der Waals surface area contributed by atoms with Gasteiger partial charge in [-0.3, -0.25) is 4.79 Å². The number of carbonyl (C=O) groups is 1. The Morgan fingerprint density at radius 3 is 2.25 bits per heavy atom. The molecule has 0 radical (unpaired) electrons. The summed E-state index contributed by atoms with van der Waals surface area (Å²) in [6, 6.07) is 16.9. The summed E-state index contributed by atoms with van der Waals surface area (Å²) in [4.78, 5) is 11.8. The minimum Gasteiger partial charge on any atom is -0.494 e. The lowest BCUT2D eigenvalue weighted by atomic mass is 10.1. The van der Waals surface area contributed by atoms with E-state index in [0.29, 0.717) is 5.75 Å². The quantitative estimate of drug-likeness (QED) is 0.303. The maximum Gasteiger partial charge on any atom is 0.277 e. The minimum atomic E-state index is -0.310. The number of nitrogens with zero attached hydrogens (tertiary/aromatic N) is 1. The van der Waals surface area contributed by atoms with Gasteiger partial charge in [0.2, 0.25) is 0 Å². The fourth-order valence-corrected chi connectivity index (χ4v) is 2.60. The third-order valence-corrected chi connectivity index (χ3v) is 4.16. The fourth-order valence-electron chi connectivity index (χ4n) is 2.60. The van der Waals surface area contributed by atoms with E-state index in [2.05, 4.69) is 17.5 Å². The standard InChI is InChI=1S/C23H30N2O3/c1-2-3-4-5-6-10-17-27-21-13-15-22(16-14-21)28-19-23(26)25-24-18-20-11-8-7-9-12-20/h7-9,11-16,18H,2-6,10,17,19H2,1H3,(H,25,26)/b24-18-. The first-order chi connectivity index (χ1) is 13.8. The van der Waals surface area contributed by atoms with Crippen LogP contribution in [0.1, 0.15) is 51.0 Å². The van der Waals surface area contributed by atoms with Gasteiger partial charge in [0.1, 0.15) is 11.5 Å². The summed E-state index contributed by atoms with van der Waals surface area (Å²) < 4.78 is 11.2.